The molecule has 0 heterocycles. The normalized spacial score (nSPS) is 14.5. The van der Waals surface area contributed by atoms with Crippen molar-refractivity contribution in [2.45, 2.75) is 107 Å². The van der Waals surface area contributed by atoms with Crippen LogP contribution in [0.25, 0.3) is 0 Å². The van der Waals surface area contributed by atoms with Crippen molar-refractivity contribution in [3.63, 3.8) is 0 Å². The molecule has 0 rings (SSSR count). The van der Waals surface area contributed by atoms with E-state index in [-0.39, 0.29) is 12.0 Å². The average molecular weight is 369 g/mol. The first-order valence-corrected chi connectivity index (χ1v) is 9.46. The summed E-state index contributed by atoms with van der Waals surface area (Å²) in [5.41, 5.74) is 0.393. The van der Waals surface area contributed by atoms with Gasteiger partial charge in [0.15, 0.2) is 0 Å². The Bertz CT molecular complexity index is 241. The summed E-state index contributed by atoms with van der Waals surface area (Å²) in [7, 11) is 0. The van der Waals surface area contributed by atoms with Gasteiger partial charge >= 0.3 is 0 Å². The van der Waals surface area contributed by atoms with E-state index in [1.807, 2.05) is 20.8 Å². The predicted molar refractivity (Wildman–Crippen MR) is 108 cm³/mol. The van der Waals surface area contributed by atoms with Gasteiger partial charge in [-0.1, -0.05) is 62.3 Å². The lowest BCUT2D eigenvalue weighted by atomic mass is 9.87. The lowest BCUT2D eigenvalue weighted by Gasteiger charge is -2.24. The van der Waals surface area contributed by atoms with Gasteiger partial charge in [-0.05, 0) is 37.0 Å². The number of rotatable bonds is 5. The average Bonchev–Trinajstić information content (AvgIpc) is 2.46. The molecule has 0 aromatic rings. The quantitative estimate of drug-likeness (QED) is 0.512. The van der Waals surface area contributed by atoms with Crippen LogP contribution in [-0.4, -0.2) is 57.1 Å². The van der Waals surface area contributed by atoms with Gasteiger partial charge in [0.2, 0.25) is 0 Å². The topological polar surface area (TPSA) is 101 Å². The van der Waals surface area contributed by atoms with Crippen LogP contribution in [0.1, 0.15) is 88.5 Å². The maximum absolute atomic E-state index is 9.40. The van der Waals surface area contributed by atoms with Gasteiger partial charge in [0.05, 0.1) is 24.9 Å². The summed E-state index contributed by atoms with van der Waals surface area (Å²) in [5.74, 6) is 0. The number of hydrogen-bond donors (Lipinski definition) is 5. The molecular weight excluding hydrogens is 320 g/mol. The molecule has 5 N–H and O–H groups in total. The zero-order valence-electron chi connectivity index (χ0n) is 18.5. The smallest absolute Gasteiger partial charge is 0.0804 e. The first-order valence-electron chi connectivity index (χ1n) is 9.46. The first-order chi connectivity index (χ1) is 11.2. The summed E-state index contributed by atoms with van der Waals surface area (Å²) in [4.78, 5) is 0. The number of aliphatic hydroxyl groups is 5. The standard InChI is InChI=1S/C9H20O2.C6H14O.C3H8O2.C2H6/c1-5-7(10)8(11)6-9(2,3)4;1-6(2,3)4-5-7;1-3(5)2-4;1-2/h7-8,10-11H,5-6H2,1-4H3;7H,4-5H2,1-3H3;3-5H,2H2,1H3;1-2H3. The molecule has 5 nitrogen and oxygen atoms in total. The zero-order chi connectivity index (χ0) is 21.3. The first kappa shape index (κ1) is 32.5. The third kappa shape index (κ3) is 40.1. The minimum atomic E-state index is -0.569. The molecule has 0 aromatic carbocycles. The molecular formula is C20H48O5. The molecule has 0 spiro atoms. The van der Waals surface area contributed by atoms with Crippen LogP contribution in [0.4, 0.5) is 0 Å². The van der Waals surface area contributed by atoms with Crippen LogP contribution in [0.3, 0.4) is 0 Å². The third-order valence-electron chi connectivity index (χ3n) is 2.81. The third-order valence-corrected chi connectivity index (χ3v) is 2.81. The largest absolute Gasteiger partial charge is 0.396 e. The van der Waals surface area contributed by atoms with Gasteiger partial charge in [-0.25, -0.2) is 0 Å². The molecule has 0 radical (unpaired) electrons. The zero-order valence-corrected chi connectivity index (χ0v) is 18.5. The van der Waals surface area contributed by atoms with Gasteiger partial charge < -0.3 is 25.5 Å². The molecule has 0 aromatic heterocycles. The van der Waals surface area contributed by atoms with Gasteiger partial charge in [0.1, 0.15) is 0 Å². The lowest BCUT2D eigenvalue weighted by molar-refractivity contribution is -0.00519. The van der Waals surface area contributed by atoms with E-state index in [0.717, 1.165) is 6.42 Å². The maximum atomic E-state index is 9.40. The number of hydrogen-bond acceptors (Lipinski definition) is 5. The highest BCUT2D eigenvalue weighted by Crippen LogP contribution is 2.22. The van der Waals surface area contributed by atoms with Crippen molar-refractivity contribution < 1.29 is 25.5 Å². The molecule has 0 saturated carbocycles. The van der Waals surface area contributed by atoms with Crippen molar-refractivity contribution in [1.82, 2.24) is 0 Å². The molecule has 0 aliphatic carbocycles. The van der Waals surface area contributed by atoms with Crippen molar-refractivity contribution in [3.05, 3.63) is 0 Å². The Morgan fingerprint density at radius 2 is 1.12 bits per heavy atom. The second-order valence-corrected chi connectivity index (χ2v) is 8.37. The fraction of sp³-hybridized carbons (Fsp3) is 1.00. The fourth-order valence-corrected chi connectivity index (χ4v) is 1.37. The van der Waals surface area contributed by atoms with E-state index in [4.69, 9.17) is 15.3 Å². The highest BCUT2D eigenvalue weighted by atomic mass is 16.3. The van der Waals surface area contributed by atoms with E-state index in [2.05, 4.69) is 41.5 Å². The van der Waals surface area contributed by atoms with Crippen molar-refractivity contribution >= 4 is 0 Å². The van der Waals surface area contributed by atoms with Crippen molar-refractivity contribution in [2.24, 2.45) is 10.8 Å². The fourth-order valence-electron chi connectivity index (χ4n) is 1.37. The van der Waals surface area contributed by atoms with Crippen LogP contribution in [0.15, 0.2) is 0 Å². The van der Waals surface area contributed by atoms with E-state index >= 15 is 0 Å². The van der Waals surface area contributed by atoms with Crippen LogP contribution in [0.2, 0.25) is 0 Å². The Morgan fingerprint density at radius 1 is 0.760 bits per heavy atom. The van der Waals surface area contributed by atoms with Gasteiger partial charge in [-0.15, -0.1) is 0 Å². The molecule has 0 aliphatic heterocycles. The molecule has 0 bridgehead atoms. The van der Waals surface area contributed by atoms with Gasteiger partial charge in [0.25, 0.3) is 0 Å². The molecule has 0 saturated heterocycles. The number of aliphatic hydroxyl groups excluding tert-OH is 5. The van der Waals surface area contributed by atoms with Crippen LogP contribution in [0, 0.1) is 10.8 Å². The monoisotopic (exact) mass is 368 g/mol. The Morgan fingerprint density at radius 3 is 1.24 bits per heavy atom. The van der Waals surface area contributed by atoms with E-state index in [9.17, 15) is 10.2 Å². The summed E-state index contributed by atoms with van der Waals surface area (Å²) in [5, 5.41) is 43.0. The summed E-state index contributed by atoms with van der Waals surface area (Å²) < 4.78 is 0. The predicted octanol–water partition coefficient (Wildman–Crippen LogP) is 3.36. The van der Waals surface area contributed by atoms with E-state index < -0.39 is 18.3 Å². The summed E-state index contributed by atoms with van der Waals surface area (Å²) in [6.45, 7) is 20.1. The lowest BCUT2D eigenvalue weighted by Crippen LogP contribution is -2.29. The van der Waals surface area contributed by atoms with Crippen LogP contribution < -0.4 is 0 Å². The molecule has 3 atom stereocenters. The molecule has 5 heteroatoms. The van der Waals surface area contributed by atoms with E-state index in [1.165, 1.54) is 6.92 Å². The maximum Gasteiger partial charge on any atom is 0.0804 e. The second-order valence-electron chi connectivity index (χ2n) is 8.37. The molecule has 0 fully saturated rings. The summed E-state index contributed by atoms with van der Waals surface area (Å²) >= 11 is 0. The highest BCUT2D eigenvalue weighted by molar-refractivity contribution is 4.73. The molecule has 25 heavy (non-hydrogen) atoms. The highest BCUT2D eigenvalue weighted by Gasteiger charge is 2.21. The van der Waals surface area contributed by atoms with Crippen molar-refractivity contribution in [3.8, 4) is 0 Å². The summed E-state index contributed by atoms with van der Waals surface area (Å²) in [6, 6.07) is 0. The van der Waals surface area contributed by atoms with E-state index in [0.29, 0.717) is 24.9 Å². The molecule has 0 aliphatic rings. The molecule has 3 unspecified atom stereocenters. The SMILES string of the molecule is CC.CC(C)(C)CCO.CC(O)CO.CCC(O)C(O)CC(C)(C)C. The van der Waals surface area contributed by atoms with Crippen LogP contribution >= 0.6 is 0 Å². The van der Waals surface area contributed by atoms with E-state index in [1.54, 1.807) is 0 Å². The molecule has 0 amide bonds. The second kappa shape index (κ2) is 18.6. The van der Waals surface area contributed by atoms with Crippen molar-refractivity contribution in [2.75, 3.05) is 13.2 Å². The van der Waals surface area contributed by atoms with Gasteiger partial charge in [-0.3, -0.25) is 0 Å². The minimum Gasteiger partial charge on any atom is -0.396 e. The van der Waals surface area contributed by atoms with Gasteiger partial charge in [0, 0.05) is 6.61 Å². The Labute approximate surface area is 157 Å². The summed E-state index contributed by atoms with van der Waals surface area (Å²) in [6.07, 6.45) is 0.482. The Kier molecular flexibility index (Phi) is 24.1. The van der Waals surface area contributed by atoms with Crippen LogP contribution in [-0.2, 0) is 0 Å². The minimum absolute atomic E-state index is 0.0928. The van der Waals surface area contributed by atoms with Gasteiger partial charge in [-0.2, -0.15) is 0 Å². The van der Waals surface area contributed by atoms with Crippen molar-refractivity contribution in [1.29, 1.82) is 0 Å². The Hall–Kier alpha value is -0.200. The molecule has 158 valence electrons. The van der Waals surface area contributed by atoms with Crippen LogP contribution in [0.5, 0.6) is 0 Å². The Balaban J connectivity index is -0.000000136.